The summed E-state index contributed by atoms with van der Waals surface area (Å²) < 4.78 is 13.6. The summed E-state index contributed by atoms with van der Waals surface area (Å²) in [5.41, 5.74) is 2.61. The van der Waals surface area contributed by atoms with Gasteiger partial charge in [-0.05, 0) is 23.8 Å². The van der Waals surface area contributed by atoms with Crippen molar-refractivity contribution in [2.45, 2.75) is 13.1 Å². The van der Waals surface area contributed by atoms with Crippen molar-refractivity contribution in [3.63, 3.8) is 0 Å². The van der Waals surface area contributed by atoms with Gasteiger partial charge in [0, 0.05) is 30.5 Å². The lowest BCUT2D eigenvalue weighted by molar-refractivity contribution is 0.0946. The number of nitrogens with zero attached hydrogens (tertiary/aromatic N) is 1. The second kappa shape index (κ2) is 8.06. The number of nitrogens with one attached hydrogen (secondary N) is 2. The van der Waals surface area contributed by atoms with E-state index in [0.717, 1.165) is 5.56 Å². The Kier molecular flexibility index (Phi) is 5.36. The minimum Gasteiger partial charge on any atom is -0.381 e. The molecule has 1 amide bonds. The minimum atomic E-state index is -0.259. The first-order valence-electron chi connectivity index (χ1n) is 7.98. The van der Waals surface area contributed by atoms with Crippen LogP contribution in [0.25, 0.3) is 0 Å². The van der Waals surface area contributed by atoms with Crippen molar-refractivity contribution >= 4 is 11.6 Å². The molecule has 5 heteroatoms. The van der Waals surface area contributed by atoms with Crippen LogP contribution in [0.3, 0.4) is 0 Å². The molecule has 4 nitrogen and oxygen atoms in total. The highest BCUT2D eigenvalue weighted by Crippen LogP contribution is 2.12. The van der Waals surface area contributed by atoms with E-state index in [1.165, 1.54) is 6.07 Å². The SMILES string of the molecule is O=C(NCc1ccccc1)c1cc(NCc2ccccc2F)ccn1. The molecule has 3 aromatic rings. The Bertz CT molecular complexity index is 852. The Labute approximate surface area is 145 Å². The molecule has 0 atom stereocenters. The first-order chi connectivity index (χ1) is 12.2. The summed E-state index contributed by atoms with van der Waals surface area (Å²) in [5.74, 6) is -0.511. The molecule has 0 bridgehead atoms. The van der Waals surface area contributed by atoms with Crippen LogP contribution < -0.4 is 10.6 Å². The van der Waals surface area contributed by atoms with E-state index in [-0.39, 0.29) is 11.7 Å². The Balaban J connectivity index is 1.61. The predicted molar refractivity (Wildman–Crippen MR) is 95.6 cm³/mol. The number of amides is 1. The molecule has 0 saturated carbocycles. The molecule has 0 unspecified atom stereocenters. The van der Waals surface area contributed by atoms with Crippen LogP contribution in [-0.4, -0.2) is 10.9 Å². The van der Waals surface area contributed by atoms with Crippen LogP contribution in [0.2, 0.25) is 0 Å². The maximum Gasteiger partial charge on any atom is 0.270 e. The smallest absolute Gasteiger partial charge is 0.270 e. The van der Waals surface area contributed by atoms with Crippen LogP contribution in [0.5, 0.6) is 0 Å². The average Bonchev–Trinajstić information content (AvgIpc) is 2.66. The van der Waals surface area contributed by atoms with Crippen LogP contribution in [-0.2, 0) is 13.1 Å². The van der Waals surface area contributed by atoms with Gasteiger partial charge in [-0.15, -0.1) is 0 Å². The van der Waals surface area contributed by atoms with Crippen LogP contribution in [0, 0.1) is 5.82 Å². The number of carbonyl (C=O) groups is 1. The molecule has 2 aromatic carbocycles. The molecule has 2 N–H and O–H groups in total. The fraction of sp³-hybridized carbons (Fsp3) is 0.100. The third-order valence-electron chi connectivity index (χ3n) is 3.73. The van der Waals surface area contributed by atoms with Gasteiger partial charge in [0.05, 0.1) is 0 Å². The van der Waals surface area contributed by atoms with Crippen LogP contribution in [0.15, 0.2) is 72.9 Å². The van der Waals surface area contributed by atoms with Gasteiger partial charge >= 0.3 is 0 Å². The van der Waals surface area contributed by atoms with E-state index in [1.54, 1.807) is 36.5 Å². The third-order valence-corrected chi connectivity index (χ3v) is 3.73. The molecule has 0 aliphatic heterocycles. The van der Waals surface area contributed by atoms with Gasteiger partial charge in [-0.2, -0.15) is 0 Å². The maximum absolute atomic E-state index is 13.6. The topological polar surface area (TPSA) is 54.0 Å². The highest BCUT2D eigenvalue weighted by molar-refractivity contribution is 5.93. The van der Waals surface area contributed by atoms with Crippen LogP contribution in [0.4, 0.5) is 10.1 Å². The Morgan fingerprint density at radius 3 is 2.52 bits per heavy atom. The average molecular weight is 335 g/mol. The van der Waals surface area contributed by atoms with Crippen molar-refractivity contribution in [2.24, 2.45) is 0 Å². The lowest BCUT2D eigenvalue weighted by atomic mass is 10.2. The molecule has 1 aromatic heterocycles. The second-order valence-corrected chi connectivity index (χ2v) is 5.54. The summed E-state index contributed by atoms with van der Waals surface area (Å²) in [6.07, 6.45) is 1.56. The first kappa shape index (κ1) is 16.6. The monoisotopic (exact) mass is 335 g/mol. The summed E-state index contributed by atoms with van der Waals surface area (Å²) >= 11 is 0. The number of aromatic nitrogens is 1. The van der Waals surface area contributed by atoms with Crippen molar-refractivity contribution in [1.82, 2.24) is 10.3 Å². The summed E-state index contributed by atoms with van der Waals surface area (Å²) in [6.45, 7) is 0.774. The normalized spacial score (nSPS) is 10.3. The van der Waals surface area contributed by atoms with Crippen molar-refractivity contribution in [2.75, 3.05) is 5.32 Å². The Morgan fingerprint density at radius 2 is 1.72 bits per heavy atom. The number of rotatable bonds is 6. The lowest BCUT2D eigenvalue weighted by Crippen LogP contribution is -2.23. The zero-order valence-corrected chi connectivity index (χ0v) is 13.6. The van der Waals surface area contributed by atoms with Gasteiger partial charge < -0.3 is 10.6 Å². The van der Waals surface area contributed by atoms with Gasteiger partial charge in [-0.1, -0.05) is 48.5 Å². The number of pyridine rings is 1. The van der Waals surface area contributed by atoms with Gasteiger partial charge in [0.25, 0.3) is 5.91 Å². The quantitative estimate of drug-likeness (QED) is 0.721. The molecule has 126 valence electrons. The number of carbonyl (C=O) groups excluding carboxylic acids is 1. The van der Waals surface area contributed by atoms with Crippen molar-refractivity contribution in [3.8, 4) is 0 Å². The second-order valence-electron chi connectivity index (χ2n) is 5.54. The van der Waals surface area contributed by atoms with E-state index in [4.69, 9.17) is 0 Å². The number of hydrogen-bond donors (Lipinski definition) is 2. The highest BCUT2D eigenvalue weighted by Gasteiger charge is 2.08. The van der Waals surface area contributed by atoms with E-state index >= 15 is 0 Å². The predicted octanol–water partition coefficient (Wildman–Crippen LogP) is 3.76. The lowest BCUT2D eigenvalue weighted by Gasteiger charge is -2.09. The standard InChI is InChI=1S/C20H18FN3O/c21-18-9-5-4-8-16(18)14-23-17-10-11-22-19(12-17)20(25)24-13-15-6-2-1-3-7-15/h1-12H,13-14H2,(H,22,23)(H,24,25). The molecule has 0 fully saturated rings. The van der Waals surface area contributed by atoms with Crippen LogP contribution >= 0.6 is 0 Å². The van der Waals surface area contributed by atoms with E-state index in [9.17, 15) is 9.18 Å². The summed E-state index contributed by atoms with van der Waals surface area (Å²) in [6, 6.07) is 19.6. The molecule has 0 radical (unpaired) electrons. The van der Waals surface area contributed by atoms with Gasteiger partial charge in [0.2, 0.25) is 0 Å². The summed E-state index contributed by atoms with van der Waals surface area (Å²) in [7, 11) is 0. The summed E-state index contributed by atoms with van der Waals surface area (Å²) in [5, 5.41) is 5.95. The van der Waals surface area contributed by atoms with Crippen molar-refractivity contribution < 1.29 is 9.18 Å². The van der Waals surface area contributed by atoms with Gasteiger partial charge in [0.15, 0.2) is 0 Å². The number of anilines is 1. The zero-order chi connectivity index (χ0) is 17.5. The van der Waals surface area contributed by atoms with Gasteiger partial charge in [-0.3, -0.25) is 9.78 Å². The minimum absolute atomic E-state index is 0.251. The van der Waals surface area contributed by atoms with Gasteiger partial charge in [-0.25, -0.2) is 4.39 Å². The molecule has 1 heterocycles. The molecular weight excluding hydrogens is 317 g/mol. The van der Waals surface area contributed by atoms with Gasteiger partial charge in [0.1, 0.15) is 11.5 Å². The molecule has 0 aliphatic rings. The van der Waals surface area contributed by atoms with Crippen molar-refractivity contribution in [1.29, 1.82) is 0 Å². The molecular formula is C20H18FN3O. The zero-order valence-electron chi connectivity index (χ0n) is 13.6. The first-order valence-corrected chi connectivity index (χ1v) is 7.98. The summed E-state index contributed by atoms with van der Waals surface area (Å²) in [4.78, 5) is 16.3. The van der Waals surface area contributed by atoms with E-state index in [1.807, 2.05) is 30.3 Å². The highest BCUT2D eigenvalue weighted by atomic mass is 19.1. The molecule has 3 rings (SSSR count). The fourth-order valence-electron chi connectivity index (χ4n) is 2.37. The number of halogens is 1. The molecule has 0 saturated heterocycles. The van der Waals surface area contributed by atoms with Crippen molar-refractivity contribution in [3.05, 3.63) is 95.6 Å². The number of benzene rings is 2. The van der Waals surface area contributed by atoms with Crippen LogP contribution in [0.1, 0.15) is 21.6 Å². The Morgan fingerprint density at radius 1 is 0.960 bits per heavy atom. The van der Waals surface area contributed by atoms with E-state index < -0.39 is 0 Å². The third kappa shape index (κ3) is 4.64. The maximum atomic E-state index is 13.6. The Hall–Kier alpha value is -3.21. The fourth-order valence-corrected chi connectivity index (χ4v) is 2.37. The molecule has 25 heavy (non-hydrogen) atoms. The largest absolute Gasteiger partial charge is 0.381 e. The number of hydrogen-bond acceptors (Lipinski definition) is 3. The van der Waals surface area contributed by atoms with E-state index in [0.29, 0.717) is 30.0 Å². The van der Waals surface area contributed by atoms with E-state index in [2.05, 4.69) is 15.6 Å². The molecule has 0 spiro atoms. The molecule has 0 aliphatic carbocycles.